The lowest BCUT2D eigenvalue weighted by molar-refractivity contribution is -0.272. The molecule has 0 spiro atoms. The smallest absolute Gasteiger partial charge is 0.200 e. The van der Waals surface area contributed by atoms with Crippen molar-refractivity contribution >= 4 is 16.9 Å². The zero-order chi connectivity index (χ0) is 22.4. The first-order valence-electron chi connectivity index (χ1n) is 9.79. The molecule has 0 unspecified atom stereocenters. The molecule has 1 aliphatic heterocycles. The SMILES string of the molecule is COc1cc(-c2cnc3[nH]cc(C(=O)C4(C)COC(C)(C)OC4)c3n2)cc(OC)c1O. The number of carbonyl (C=O) groups excluding carboxylic acids is 1. The standard InChI is InChI=1S/C22H25N3O6/c1-21(2)30-10-22(3,11-31-21)19(27)13-8-23-20-17(13)25-14(9-24-20)12-6-15(28-4)18(26)16(7-12)29-5/h6-9,26H,10-11H2,1-5H3,(H,23,24). The largest absolute Gasteiger partial charge is 0.502 e. The van der Waals surface area contributed by atoms with Crippen LogP contribution in [0.25, 0.3) is 22.4 Å². The molecule has 9 heteroatoms. The minimum absolute atomic E-state index is 0.103. The van der Waals surface area contributed by atoms with Gasteiger partial charge in [-0.05, 0) is 32.9 Å². The topological polar surface area (TPSA) is 116 Å². The third-order valence-electron chi connectivity index (χ3n) is 5.43. The summed E-state index contributed by atoms with van der Waals surface area (Å²) in [5.41, 5.74) is 1.63. The van der Waals surface area contributed by atoms with Gasteiger partial charge in [-0.15, -0.1) is 0 Å². The van der Waals surface area contributed by atoms with Gasteiger partial charge in [-0.3, -0.25) is 4.79 Å². The van der Waals surface area contributed by atoms with E-state index in [0.29, 0.717) is 28.0 Å². The minimum atomic E-state index is -0.840. The van der Waals surface area contributed by atoms with Gasteiger partial charge in [0.05, 0.1) is 50.3 Å². The number of methoxy groups -OCH3 is 2. The molecule has 2 N–H and O–H groups in total. The highest BCUT2D eigenvalue weighted by Gasteiger charge is 2.43. The van der Waals surface area contributed by atoms with Crippen LogP contribution in [0, 0.1) is 5.41 Å². The summed E-state index contributed by atoms with van der Waals surface area (Å²) in [5.74, 6) is -0.472. The molecular weight excluding hydrogens is 402 g/mol. The van der Waals surface area contributed by atoms with Gasteiger partial charge < -0.3 is 29.0 Å². The van der Waals surface area contributed by atoms with E-state index in [2.05, 4.69) is 15.0 Å². The number of hydrogen-bond acceptors (Lipinski definition) is 8. The quantitative estimate of drug-likeness (QED) is 0.596. The van der Waals surface area contributed by atoms with Crippen LogP contribution in [0.1, 0.15) is 31.1 Å². The summed E-state index contributed by atoms with van der Waals surface area (Å²) in [4.78, 5) is 25.5. The van der Waals surface area contributed by atoms with Crippen LogP contribution >= 0.6 is 0 Å². The molecule has 2 aromatic heterocycles. The zero-order valence-electron chi connectivity index (χ0n) is 18.1. The molecule has 9 nitrogen and oxygen atoms in total. The number of hydrogen-bond donors (Lipinski definition) is 2. The van der Waals surface area contributed by atoms with Crippen molar-refractivity contribution in [3.05, 3.63) is 30.1 Å². The lowest BCUT2D eigenvalue weighted by Gasteiger charge is -2.40. The van der Waals surface area contributed by atoms with Crippen LogP contribution in [0.5, 0.6) is 17.2 Å². The molecule has 0 saturated carbocycles. The third kappa shape index (κ3) is 3.70. The van der Waals surface area contributed by atoms with E-state index in [-0.39, 0.29) is 36.2 Å². The number of nitrogens with one attached hydrogen (secondary N) is 1. The summed E-state index contributed by atoms with van der Waals surface area (Å²) < 4.78 is 21.9. The second kappa shape index (κ2) is 7.51. The number of H-pyrrole nitrogens is 1. The first-order chi connectivity index (χ1) is 14.7. The number of ether oxygens (including phenoxy) is 4. The van der Waals surface area contributed by atoms with Crippen LogP contribution < -0.4 is 9.47 Å². The third-order valence-corrected chi connectivity index (χ3v) is 5.43. The van der Waals surface area contributed by atoms with E-state index in [1.165, 1.54) is 14.2 Å². The second-order valence-electron chi connectivity index (χ2n) is 8.25. The van der Waals surface area contributed by atoms with Gasteiger partial charge in [0.1, 0.15) is 5.52 Å². The summed E-state index contributed by atoms with van der Waals surface area (Å²) in [5, 5.41) is 10.2. The Labute approximate surface area is 179 Å². The van der Waals surface area contributed by atoms with E-state index in [1.54, 1.807) is 24.5 Å². The predicted octanol–water partition coefficient (Wildman–Crippen LogP) is 3.32. The highest BCUT2D eigenvalue weighted by molar-refractivity contribution is 6.09. The number of benzene rings is 1. The lowest BCUT2D eigenvalue weighted by Crippen LogP contribution is -2.49. The van der Waals surface area contributed by atoms with Crippen molar-refractivity contribution in [1.82, 2.24) is 15.0 Å². The van der Waals surface area contributed by atoms with E-state index >= 15 is 0 Å². The Balaban J connectivity index is 1.75. The van der Waals surface area contributed by atoms with E-state index in [1.807, 2.05) is 20.8 Å². The summed E-state index contributed by atoms with van der Waals surface area (Å²) in [6, 6.07) is 3.27. The Morgan fingerprint density at radius 3 is 2.32 bits per heavy atom. The van der Waals surface area contributed by atoms with E-state index < -0.39 is 11.2 Å². The number of carbonyl (C=O) groups is 1. The number of rotatable bonds is 5. The molecule has 1 aromatic carbocycles. The summed E-state index contributed by atoms with van der Waals surface area (Å²) in [6.07, 6.45) is 3.19. The molecule has 3 aromatic rings. The van der Waals surface area contributed by atoms with E-state index in [4.69, 9.17) is 18.9 Å². The zero-order valence-corrected chi connectivity index (χ0v) is 18.1. The van der Waals surface area contributed by atoms with Gasteiger partial charge >= 0.3 is 0 Å². The molecule has 0 bridgehead atoms. The molecule has 4 rings (SSSR count). The molecular formula is C22H25N3O6. The molecule has 164 valence electrons. The maximum atomic E-state index is 13.4. The van der Waals surface area contributed by atoms with Gasteiger partial charge in [-0.1, -0.05) is 0 Å². The van der Waals surface area contributed by atoms with Crippen LogP contribution in [0.4, 0.5) is 0 Å². The van der Waals surface area contributed by atoms with Crippen molar-refractivity contribution in [1.29, 1.82) is 0 Å². The fourth-order valence-electron chi connectivity index (χ4n) is 3.45. The number of nitrogens with zero attached hydrogens (tertiary/aromatic N) is 2. The molecule has 1 aliphatic rings. The predicted molar refractivity (Wildman–Crippen MR) is 113 cm³/mol. The first-order valence-corrected chi connectivity index (χ1v) is 9.79. The van der Waals surface area contributed by atoms with E-state index in [9.17, 15) is 9.90 Å². The summed E-state index contributed by atoms with van der Waals surface area (Å²) >= 11 is 0. The molecule has 3 heterocycles. The molecule has 31 heavy (non-hydrogen) atoms. The average molecular weight is 427 g/mol. The van der Waals surface area contributed by atoms with Gasteiger partial charge in [0.15, 0.2) is 28.7 Å². The van der Waals surface area contributed by atoms with Crippen LogP contribution in [0.2, 0.25) is 0 Å². The van der Waals surface area contributed by atoms with Crippen LogP contribution in [0.15, 0.2) is 24.5 Å². The van der Waals surface area contributed by atoms with E-state index in [0.717, 1.165) is 0 Å². The number of Topliss-reactive ketones (excluding diaryl/α,β-unsaturated/α-hetero) is 1. The van der Waals surface area contributed by atoms with Crippen LogP contribution in [-0.2, 0) is 9.47 Å². The lowest BCUT2D eigenvalue weighted by atomic mass is 9.83. The summed E-state index contributed by atoms with van der Waals surface area (Å²) in [6.45, 7) is 5.94. The van der Waals surface area contributed by atoms with Gasteiger partial charge in [-0.2, -0.15) is 0 Å². The number of fused-ring (bicyclic) bond motifs is 1. The Hall–Kier alpha value is -3.17. The maximum Gasteiger partial charge on any atom is 0.200 e. The highest BCUT2D eigenvalue weighted by Crippen LogP contribution is 2.40. The van der Waals surface area contributed by atoms with Crippen molar-refractivity contribution in [3.63, 3.8) is 0 Å². The fraction of sp³-hybridized carbons (Fsp3) is 0.409. The van der Waals surface area contributed by atoms with Crippen LogP contribution in [0.3, 0.4) is 0 Å². The number of aromatic hydroxyl groups is 1. The first kappa shape index (κ1) is 21.1. The number of phenols is 1. The van der Waals surface area contributed by atoms with Gasteiger partial charge in [0.2, 0.25) is 5.75 Å². The minimum Gasteiger partial charge on any atom is -0.502 e. The van der Waals surface area contributed by atoms with Crippen molar-refractivity contribution < 1.29 is 28.8 Å². The highest BCUT2D eigenvalue weighted by atomic mass is 16.7. The van der Waals surface area contributed by atoms with Crippen molar-refractivity contribution in [2.75, 3.05) is 27.4 Å². The average Bonchev–Trinajstić information content (AvgIpc) is 3.18. The fourth-order valence-corrected chi connectivity index (χ4v) is 3.45. The number of ketones is 1. The molecule has 0 radical (unpaired) electrons. The summed E-state index contributed by atoms with van der Waals surface area (Å²) in [7, 11) is 2.90. The number of aromatic amines is 1. The van der Waals surface area contributed by atoms with Gasteiger partial charge in [0, 0.05) is 11.8 Å². The monoisotopic (exact) mass is 427 g/mol. The van der Waals surface area contributed by atoms with Crippen molar-refractivity contribution in [2.24, 2.45) is 5.41 Å². The Kier molecular flexibility index (Phi) is 5.10. The van der Waals surface area contributed by atoms with Gasteiger partial charge in [0.25, 0.3) is 0 Å². The van der Waals surface area contributed by atoms with Crippen molar-refractivity contribution in [3.8, 4) is 28.5 Å². The maximum absolute atomic E-state index is 13.4. The number of phenolic OH excluding ortho intramolecular Hbond substituents is 1. The molecule has 0 aliphatic carbocycles. The molecule has 0 atom stereocenters. The van der Waals surface area contributed by atoms with Crippen molar-refractivity contribution in [2.45, 2.75) is 26.6 Å². The normalized spacial score (nSPS) is 17.5. The Bertz CT molecular complexity index is 1120. The second-order valence-corrected chi connectivity index (χ2v) is 8.25. The molecule has 0 amide bonds. The van der Waals surface area contributed by atoms with Gasteiger partial charge in [-0.25, -0.2) is 9.97 Å². The Morgan fingerprint density at radius 1 is 1.13 bits per heavy atom. The van der Waals surface area contributed by atoms with Crippen LogP contribution in [-0.4, -0.2) is 59.1 Å². The molecule has 1 saturated heterocycles. The number of aromatic nitrogens is 3. The molecule has 1 fully saturated rings. The Morgan fingerprint density at radius 2 is 1.74 bits per heavy atom.